The number of nitro benzene ring substituents is 1. The van der Waals surface area contributed by atoms with Crippen molar-refractivity contribution in [1.29, 1.82) is 0 Å². The number of amides is 3. The summed E-state index contributed by atoms with van der Waals surface area (Å²) in [4.78, 5) is 49.3. The van der Waals surface area contributed by atoms with Crippen molar-refractivity contribution in [2.24, 2.45) is 0 Å². The smallest absolute Gasteiger partial charge is 0.294 e. The van der Waals surface area contributed by atoms with E-state index in [4.69, 9.17) is 4.42 Å². The van der Waals surface area contributed by atoms with E-state index >= 15 is 0 Å². The van der Waals surface area contributed by atoms with Crippen LogP contribution in [0.4, 0.5) is 16.2 Å². The van der Waals surface area contributed by atoms with E-state index in [9.17, 15) is 24.5 Å². The first-order valence-corrected chi connectivity index (χ1v) is 11.0. The van der Waals surface area contributed by atoms with Gasteiger partial charge in [0.15, 0.2) is 0 Å². The van der Waals surface area contributed by atoms with Crippen molar-refractivity contribution in [2.75, 3.05) is 11.9 Å². The molecule has 0 aliphatic carbocycles. The van der Waals surface area contributed by atoms with Gasteiger partial charge in [0, 0.05) is 17.8 Å². The molecule has 1 saturated heterocycles. The number of nitro groups is 1. The third-order valence-corrected chi connectivity index (χ3v) is 6.02. The van der Waals surface area contributed by atoms with Crippen LogP contribution in [0.1, 0.15) is 16.9 Å². The van der Waals surface area contributed by atoms with Gasteiger partial charge in [-0.25, -0.2) is 0 Å². The van der Waals surface area contributed by atoms with Crippen LogP contribution in [0.5, 0.6) is 0 Å². The summed E-state index contributed by atoms with van der Waals surface area (Å²) in [5, 5.41) is 13.4. The molecule has 1 N–H and O–H groups in total. The van der Waals surface area contributed by atoms with Gasteiger partial charge >= 0.3 is 0 Å². The number of rotatable bonds is 6. The minimum atomic E-state index is -0.616. The monoisotopic (exact) mass is 477 g/mol. The molecule has 0 atom stereocenters. The maximum Gasteiger partial charge on any atom is 0.294 e. The molecule has 172 valence electrons. The number of hydrogen-bond acceptors (Lipinski definition) is 7. The molecular formula is C24H19N3O6S. The van der Waals surface area contributed by atoms with Crippen molar-refractivity contribution in [2.45, 2.75) is 13.8 Å². The zero-order valence-corrected chi connectivity index (χ0v) is 19.0. The number of para-hydroxylation sites is 1. The van der Waals surface area contributed by atoms with Crippen molar-refractivity contribution in [3.05, 3.63) is 86.5 Å². The molecule has 2 heterocycles. The summed E-state index contributed by atoms with van der Waals surface area (Å²) >= 11 is 0.694. The SMILES string of the molecule is Cc1ccc(C)c(NC(=O)CN2C(=O)S/C(=C/c3ccc(-c4ccccc4[N+](=O)[O-])o3)C2=O)c1. The van der Waals surface area contributed by atoms with Gasteiger partial charge in [-0.3, -0.25) is 29.4 Å². The molecule has 1 aliphatic heterocycles. The molecule has 0 spiro atoms. The summed E-state index contributed by atoms with van der Waals surface area (Å²) in [6.07, 6.45) is 1.38. The van der Waals surface area contributed by atoms with Gasteiger partial charge in [0.05, 0.1) is 15.4 Å². The van der Waals surface area contributed by atoms with Gasteiger partial charge in [-0.05, 0) is 61.0 Å². The number of hydrogen-bond donors (Lipinski definition) is 1. The Hall–Kier alpha value is -4.18. The van der Waals surface area contributed by atoms with Crippen LogP contribution in [0.3, 0.4) is 0 Å². The van der Waals surface area contributed by atoms with Crippen LogP contribution in [-0.4, -0.2) is 33.4 Å². The summed E-state index contributed by atoms with van der Waals surface area (Å²) < 4.78 is 5.67. The lowest BCUT2D eigenvalue weighted by Gasteiger charge is -2.14. The van der Waals surface area contributed by atoms with E-state index in [1.807, 2.05) is 32.0 Å². The minimum Gasteiger partial charge on any atom is -0.456 e. The topological polar surface area (TPSA) is 123 Å². The Kier molecular flexibility index (Phi) is 6.33. The average Bonchev–Trinajstić information content (AvgIpc) is 3.36. The number of aryl methyl sites for hydroxylation is 2. The highest BCUT2D eigenvalue weighted by atomic mass is 32.2. The number of anilines is 1. The lowest BCUT2D eigenvalue weighted by atomic mass is 10.1. The molecule has 9 nitrogen and oxygen atoms in total. The second-order valence-electron chi connectivity index (χ2n) is 7.61. The van der Waals surface area contributed by atoms with E-state index in [0.717, 1.165) is 16.0 Å². The maximum atomic E-state index is 12.8. The molecule has 10 heteroatoms. The van der Waals surface area contributed by atoms with Gasteiger partial charge in [0.1, 0.15) is 18.1 Å². The molecular weight excluding hydrogens is 458 g/mol. The van der Waals surface area contributed by atoms with Crippen LogP contribution in [0.2, 0.25) is 0 Å². The van der Waals surface area contributed by atoms with Crippen LogP contribution in [-0.2, 0) is 9.59 Å². The van der Waals surface area contributed by atoms with Crippen LogP contribution in [0.15, 0.2) is 63.9 Å². The van der Waals surface area contributed by atoms with Gasteiger partial charge in [-0.2, -0.15) is 0 Å². The zero-order valence-electron chi connectivity index (χ0n) is 18.2. The summed E-state index contributed by atoms with van der Waals surface area (Å²) in [6.45, 7) is 3.32. The van der Waals surface area contributed by atoms with Gasteiger partial charge in [-0.15, -0.1) is 0 Å². The molecule has 4 rings (SSSR count). The summed E-state index contributed by atoms with van der Waals surface area (Å²) in [5.41, 5.74) is 2.63. The Morgan fingerprint density at radius 2 is 1.91 bits per heavy atom. The van der Waals surface area contributed by atoms with Crippen LogP contribution < -0.4 is 5.32 Å². The molecule has 0 radical (unpaired) electrons. The first-order valence-electron chi connectivity index (χ1n) is 10.2. The van der Waals surface area contributed by atoms with Gasteiger partial charge in [0.2, 0.25) is 5.91 Å². The summed E-state index contributed by atoms with van der Waals surface area (Å²) in [7, 11) is 0. The lowest BCUT2D eigenvalue weighted by molar-refractivity contribution is -0.384. The maximum absolute atomic E-state index is 12.8. The van der Waals surface area contributed by atoms with E-state index in [1.165, 1.54) is 12.1 Å². The number of imide groups is 1. The van der Waals surface area contributed by atoms with E-state index < -0.39 is 28.5 Å². The van der Waals surface area contributed by atoms with E-state index in [-0.39, 0.29) is 22.1 Å². The molecule has 1 aliphatic rings. The van der Waals surface area contributed by atoms with Crippen LogP contribution in [0, 0.1) is 24.0 Å². The first kappa shape index (κ1) is 23.0. The van der Waals surface area contributed by atoms with Gasteiger partial charge in [0.25, 0.3) is 16.8 Å². The number of carbonyl (C=O) groups is 3. The third-order valence-electron chi connectivity index (χ3n) is 5.11. The van der Waals surface area contributed by atoms with Crippen molar-refractivity contribution in [3.63, 3.8) is 0 Å². The average molecular weight is 477 g/mol. The predicted octanol–water partition coefficient (Wildman–Crippen LogP) is 5.15. The van der Waals surface area contributed by atoms with Crippen molar-refractivity contribution in [1.82, 2.24) is 4.90 Å². The standard InChI is InChI=1S/C24H19N3O6S/c1-14-7-8-15(2)18(11-14)25-22(28)13-26-23(29)21(34-24(26)30)12-16-9-10-20(33-16)17-5-3-4-6-19(17)27(31)32/h3-12H,13H2,1-2H3,(H,25,28)/b21-12+. The summed E-state index contributed by atoms with van der Waals surface area (Å²) in [6, 6.07) is 14.8. The van der Waals surface area contributed by atoms with E-state index in [0.29, 0.717) is 23.0 Å². The van der Waals surface area contributed by atoms with E-state index in [1.54, 1.807) is 30.3 Å². The quantitative estimate of drug-likeness (QED) is 0.296. The molecule has 1 aromatic heterocycles. The molecule has 34 heavy (non-hydrogen) atoms. The fraction of sp³-hybridized carbons (Fsp3) is 0.125. The molecule has 2 aromatic carbocycles. The molecule has 0 bridgehead atoms. The number of furan rings is 1. The lowest BCUT2D eigenvalue weighted by Crippen LogP contribution is -2.36. The second kappa shape index (κ2) is 9.36. The number of nitrogens with zero attached hydrogens (tertiary/aromatic N) is 2. The normalized spacial score (nSPS) is 14.6. The predicted molar refractivity (Wildman–Crippen MR) is 128 cm³/mol. The number of thioether (sulfide) groups is 1. The fourth-order valence-corrected chi connectivity index (χ4v) is 4.20. The van der Waals surface area contributed by atoms with Gasteiger partial charge < -0.3 is 9.73 Å². The minimum absolute atomic E-state index is 0.0907. The molecule has 0 saturated carbocycles. The van der Waals surface area contributed by atoms with Crippen LogP contribution in [0.25, 0.3) is 17.4 Å². The molecule has 1 fully saturated rings. The zero-order chi connectivity index (χ0) is 24.4. The Morgan fingerprint density at radius 3 is 2.68 bits per heavy atom. The van der Waals surface area contributed by atoms with Crippen LogP contribution >= 0.6 is 11.8 Å². The Bertz CT molecular complexity index is 1360. The van der Waals surface area contributed by atoms with Crippen molar-refractivity contribution >= 4 is 46.3 Å². The Labute approximate surface area is 198 Å². The van der Waals surface area contributed by atoms with Gasteiger partial charge in [-0.1, -0.05) is 24.3 Å². The largest absolute Gasteiger partial charge is 0.456 e. The molecule has 0 unspecified atom stereocenters. The van der Waals surface area contributed by atoms with Crippen molar-refractivity contribution < 1.29 is 23.7 Å². The highest BCUT2D eigenvalue weighted by molar-refractivity contribution is 8.18. The number of nitrogens with one attached hydrogen (secondary N) is 1. The summed E-state index contributed by atoms with van der Waals surface area (Å²) in [5.74, 6) is -0.604. The third kappa shape index (κ3) is 4.76. The highest BCUT2D eigenvalue weighted by Gasteiger charge is 2.36. The van der Waals surface area contributed by atoms with Crippen molar-refractivity contribution in [3.8, 4) is 11.3 Å². The fourth-order valence-electron chi connectivity index (χ4n) is 3.39. The Morgan fingerprint density at radius 1 is 1.15 bits per heavy atom. The second-order valence-corrected chi connectivity index (χ2v) is 8.60. The molecule has 3 amide bonds. The first-order chi connectivity index (χ1) is 16.2. The number of benzene rings is 2. The molecule has 3 aromatic rings. The Balaban J connectivity index is 1.49. The highest BCUT2D eigenvalue weighted by Crippen LogP contribution is 2.35. The number of carbonyl (C=O) groups excluding carboxylic acids is 3. The van der Waals surface area contributed by atoms with E-state index in [2.05, 4.69) is 5.32 Å².